The van der Waals surface area contributed by atoms with Gasteiger partial charge in [-0.25, -0.2) is 4.79 Å². The number of hydrogen-bond donors (Lipinski definition) is 0. The summed E-state index contributed by atoms with van der Waals surface area (Å²) in [7, 11) is 0. The fourth-order valence-electron chi connectivity index (χ4n) is 1.05. The number of hydrogen-bond acceptors (Lipinski definition) is 3. The lowest BCUT2D eigenvalue weighted by Gasteiger charge is -2.17. The zero-order chi connectivity index (χ0) is 12.0. The first-order chi connectivity index (χ1) is 7.55. The van der Waals surface area contributed by atoms with Gasteiger partial charge in [0.2, 0.25) is 0 Å². The second-order valence-corrected chi connectivity index (χ2v) is 3.94. The molecule has 1 aromatic rings. The van der Waals surface area contributed by atoms with E-state index in [4.69, 9.17) is 10.3 Å². The highest BCUT2D eigenvalue weighted by atomic mass is 16.5. The fraction of sp³-hybridized carbons (Fsp3) is 0.364. The summed E-state index contributed by atoms with van der Waals surface area (Å²) < 4.78 is 5.04. The lowest BCUT2D eigenvalue weighted by molar-refractivity contribution is 0.0433. The first-order valence-corrected chi connectivity index (χ1v) is 4.83. The van der Waals surface area contributed by atoms with Gasteiger partial charge in [-0.15, -0.1) is 0 Å². The largest absolute Gasteiger partial charge is 0.461 e. The molecule has 0 bridgehead atoms. The van der Waals surface area contributed by atoms with E-state index in [9.17, 15) is 4.79 Å². The average molecular weight is 219 g/mol. The van der Waals surface area contributed by atoms with Crippen molar-refractivity contribution < 1.29 is 9.53 Å². The maximum absolute atomic E-state index is 11.5. The Balaban J connectivity index is 2.57. The third-order valence-corrected chi connectivity index (χ3v) is 1.88. The van der Waals surface area contributed by atoms with Crippen molar-refractivity contribution in [1.29, 1.82) is 0 Å². The van der Waals surface area contributed by atoms with Crippen LogP contribution in [0, 0.1) is 0 Å². The maximum Gasteiger partial charge on any atom is 0.338 e. The summed E-state index contributed by atoms with van der Waals surface area (Å²) in [5.74, 6) is -0.415. The zero-order valence-corrected chi connectivity index (χ0v) is 9.25. The maximum atomic E-state index is 11.5. The monoisotopic (exact) mass is 219 g/mol. The minimum absolute atomic E-state index is 0.0603. The van der Waals surface area contributed by atoms with E-state index in [1.807, 2.05) is 6.07 Å². The van der Waals surface area contributed by atoms with Crippen LogP contribution in [0.4, 0.5) is 0 Å². The minimum Gasteiger partial charge on any atom is -0.461 e. The predicted molar refractivity (Wildman–Crippen MR) is 59.9 cm³/mol. The smallest absolute Gasteiger partial charge is 0.338 e. The molecular formula is C11H13N3O2. The molecule has 0 unspecified atom stereocenters. The van der Waals surface area contributed by atoms with Gasteiger partial charge < -0.3 is 4.74 Å². The van der Waals surface area contributed by atoms with Gasteiger partial charge in [0, 0.05) is 4.91 Å². The van der Waals surface area contributed by atoms with E-state index >= 15 is 0 Å². The zero-order valence-electron chi connectivity index (χ0n) is 9.25. The third kappa shape index (κ3) is 3.63. The number of benzene rings is 1. The van der Waals surface area contributed by atoms with Gasteiger partial charge in [-0.2, -0.15) is 0 Å². The first kappa shape index (κ1) is 12.1. The van der Waals surface area contributed by atoms with Crippen LogP contribution in [0.3, 0.4) is 0 Å². The number of carbonyl (C=O) groups excluding carboxylic acids is 1. The van der Waals surface area contributed by atoms with Gasteiger partial charge in [-0.05, 0) is 17.7 Å². The molecule has 0 aliphatic carbocycles. The van der Waals surface area contributed by atoms with E-state index in [-0.39, 0.29) is 6.61 Å². The Bertz CT molecular complexity index is 408. The Labute approximate surface area is 93.7 Å². The van der Waals surface area contributed by atoms with Crippen molar-refractivity contribution in [2.45, 2.75) is 19.4 Å². The molecule has 1 rings (SSSR count). The Morgan fingerprint density at radius 2 is 2.06 bits per heavy atom. The average Bonchev–Trinajstić information content (AvgIpc) is 2.27. The molecule has 0 saturated heterocycles. The summed E-state index contributed by atoms with van der Waals surface area (Å²) in [6.45, 7) is 3.46. The minimum atomic E-state index is -0.723. The number of ether oxygens (including phenoxy) is 1. The van der Waals surface area contributed by atoms with Gasteiger partial charge >= 0.3 is 5.97 Å². The van der Waals surface area contributed by atoms with Crippen molar-refractivity contribution in [3.63, 3.8) is 0 Å². The molecule has 84 valence electrons. The lowest BCUT2D eigenvalue weighted by atomic mass is 10.1. The van der Waals surface area contributed by atoms with Gasteiger partial charge in [0.05, 0.1) is 11.1 Å². The van der Waals surface area contributed by atoms with E-state index in [2.05, 4.69) is 10.0 Å². The second kappa shape index (κ2) is 5.19. The summed E-state index contributed by atoms with van der Waals surface area (Å²) in [6, 6.07) is 8.68. The molecule has 1 aromatic carbocycles. The first-order valence-electron chi connectivity index (χ1n) is 4.83. The number of esters is 1. The number of azide groups is 1. The van der Waals surface area contributed by atoms with Gasteiger partial charge in [-0.3, -0.25) is 0 Å². The van der Waals surface area contributed by atoms with Crippen molar-refractivity contribution in [1.82, 2.24) is 0 Å². The Morgan fingerprint density at radius 3 is 2.62 bits per heavy atom. The van der Waals surface area contributed by atoms with Crippen LogP contribution in [0.2, 0.25) is 0 Å². The summed E-state index contributed by atoms with van der Waals surface area (Å²) in [4.78, 5) is 14.2. The van der Waals surface area contributed by atoms with E-state index in [1.165, 1.54) is 0 Å². The SMILES string of the molecule is CC(C)(COC(=O)c1ccccc1)N=[N+]=[N-]. The molecule has 0 saturated carbocycles. The second-order valence-electron chi connectivity index (χ2n) is 3.94. The Morgan fingerprint density at radius 1 is 1.44 bits per heavy atom. The van der Waals surface area contributed by atoms with Crippen LogP contribution in [-0.4, -0.2) is 18.1 Å². The highest BCUT2D eigenvalue weighted by Crippen LogP contribution is 2.11. The molecule has 0 aliphatic rings. The van der Waals surface area contributed by atoms with Crippen molar-refractivity contribution in [2.24, 2.45) is 5.11 Å². The molecule has 0 aliphatic heterocycles. The standard InChI is InChI=1S/C11H13N3O2/c1-11(2,13-14-12)8-16-10(15)9-6-4-3-5-7-9/h3-7H,8H2,1-2H3. The molecule has 0 atom stereocenters. The molecule has 0 N–H and O–H groups in total. The lowest BCUT2D eigenvalue weighted by Crippen LogP contribution is -2.25. The van der Waals surface area contributed by atoms with E-state index < -0.39 is 11.5 Å². The van der Waals surface area contributed by atoms with Crippen LogP contribution < -0.4 is 0 Å². The van der Waals surface area contributed by atoms with Crippen LogP contribution >= 0.6 is 0 Å². The van der Waals surface area contributed by atoms with E-state index in [0.717, 1.165) is 0 Å². The molecular weight excluding hydrogens is 206 g/mol. The van der Waals surface area contributed by atoms with Crippen molar-refractivity contribution in [3.05, 3.63) is 46.3 Å². The van der Waals surface area contributed by atoms with Crippen LogP contribution in [0.15, 0.2) is 35.4 Å². The van der Waals surface area contributed by atoms with E-state index in [1.54, 1.807) is 38.1 Å². The quantitative estimate of drug-likeness (QED) is 0.338. The highest BCUT2D eigenvalue weighted by molar-refractivity contribution is 5.89. The number of nitrogens with zero attached hydrogens (tertiary/aromatic N) is 3. The summed E-state index contributed by atoms with van der Waals surface area (Å²) in [5.41, 5.74) is 8.06. The number of rotatable bonds is 4. The van der Waals surface area contributed by atoms with Crippen molar-refractivity contribution in [2.75, 3.05) is 6.61 Å². The highest BCUT2D eigenvalue weighted by Gasteiger charge is 2.18. The van der Waals surface area contributed by atoms with Crippen LogP contribution in [-0.2, 0) is 4.74 Å². The summed E-state index contributed by atoms with van der Waals surface area (Å²) in [5, 5.41) is 3.53. The topological polar surface area (TPSA) is 75.1 Å². The Kier molecular flexibility index (Phi) is 3.91. The summed E-state index contributed by atoms with van der Waals surface area (Å²) >= 11 is 0. The molecule has 5 nitrogen and oxygen atoms in total. The van der Waals surface area contributed by atoms with Crippen LogP contribution in [0.1, 0.15) is 24.2 Å². The molecule has 0 fully saturated rings. The van der Waals surface area contributed by atoms with Gasteiger partial charge in [0.15, 0.2) is 0 Å². The van der Waals surface area contributed by atoms with Gasteiger partial charge in [0.25, 0.3) is 0 Å². The predicted octanol–water partition coefficient (Wildman–Crippen LogP) is 2.93. The van der Waals surface area contributed by atoms with E-state index in [0.29, 0.717) is 5.56 Å². The summed E-state index contributed by atoms with van der Waals surface area (Å²) in [6.07, 6.45) is 0. The van der Waals surface area contributed by atoms with Crippen LogP contribution in [0.5, 0.6) is 0 Å². The molecule has 16 heavy (non-hydrogen) atoms. The molecule has 0 radical (unpaired) electrons. The van der Waals surface area contributed by atoms with Crippen molar-refractivity contribution in [3.8, 4) is 0 Å². The molecule has 5 heteroatoms. The Hall–Kier alpha value is -2.00. The van der Waals surface area contributed by atoms with Crippen molar-refractivity contribution >= 4 is 5.97 Å². The molecule has 0 aromatic heterocycles. The third-order valence-electron chi connectivity index (χ3n) is 1.88. The molecule has 0 heterocycles. The molecule has 0 spiro atoms. The van der Waals surface area contributed by atoms with Gasteiger partial charge in [0.1, 0.15) is 6.61 Å². The molecule has 0 amide bonds. The van der Waals surface area contributed by atoms with Crippen LogP contribution in [0.25, 0.3) is 10.4 Å². The normalized spacial score (nSPS) is 10.4. The van der Waals surface area contributed by atoms with Gasteiger partial charge in [-0.1, -0.05) is 37.2 Å². The fourth-order valence-corrected chi connectivity index (χ4v) is 1.05. The number of carbonyl (C=O) groups is 1.